The first-order valence-electron chi connectivity index (χ1n) is 13.6. The number of nitrogens with zero attached hydrogens (tertiary/aromatic N) is 2. The smallest absolute Gasteiger partial charge is 0.309 e. The summed E-state index contributed by atoms with van der Waals surface area (Å²) >= 11 is 0. The average molecular weight is 508 g/mol. The molecule has 1 N–H and O–H groups in total. The van der Waals surface area contributed by atoms with Gasteiger partial charge in [-0.05, 0) is 89.3 Å². The molecule has 2 heterocycles. The van der Waals surface area contributed by atoms with E-state index in [0.29, 0.717) is 13.2 Å². The van der Waals surface area contributed by atoms with Crippen LogP contribution in [0.3, 0.4) is 0 Å². The average Bonchev–Trinajstić information content (AvgIpc) is 2.89. The number of carbonyl (C=O) groups is 2. The molecule has 2 aromatic rings. The third-order valence-electron chi connectivity index (χ3n) is 7.73. The van der Waals surface area contributed by atoms with Gasteiger partial charge in [0.05, 0.1) is 25.0 Å². The van der Waals surface area contributed by atoms with E-state index >= 15 is 0 Å². The Morgan fingerprint density at radius 2 is 1.22 bits per heavy atom. The largest absolute Gasteiger partial charge is 0.466 e. The zero-order valence-electron chi connectivity index (χ0n) is 22.6. The summed E-state index contributed by atoms with van der Waals surface area (Å²) in [4.78, 5) is 30.0. The standard InChI is InChI=1S/C30H41N3O4/c1-5-36-29(34)25-13-15-32(3)19-27(25)21-9-7-11-23(17-21)31-24-12-8-10-22(18-24)28-20-33(4)16-14-26(28)30(35)37-6-2/h7-12,17-18,25-28,31H,5-6,13-16,19-20H2,1-4H3. The molecule has 2 aliphatic rings. The lowest BCUT2D eigenvalue weighted by Crippen LogP contribution is -2.40. The fraction of sp³-hybridized carbons (Fsp3) is 0.533. The maximum Gasteiger partial charge on any atom is 0.309 e. The normalized spacial score (nSPS) is 24.9. The van der Waals surface area contributed by atoms with Crippen LogP contribution in [0.25, 0.3) is 0 Å². The van der Waals surface area contributed by atoms with Crippen LogP contribution in [0.15, 0.2) is 48.5 Å². The first-order chi connectivity index (χ1) is 17.9. The van der Waals surface area contributed by atoms with Gasteiger partial charge < -0.3 is 24.6 Å². The number of hydrogen-bond acceptors (Lipinski definition) is 7. The van der Waals surface area contributed by atoms with Crippen LogP contribution in [0, 0.1) is 11.8 Å². The highest BCUT2D eigenvalue weighted by molar-refractivity contribution is 5.75. The summed E-state index contributed by atoms with van der Waals surface area (Å²) < 4.78 is 10.8. The molecule has 0 saturated carbocycles. The molecule has 2 saturated heterocycles. The molecule has 2 fully saturated rings. The number of ether oxygens (including phenoxy) is 2. The molecule has 0 bridgehead atoms. The van der Waals surface area contributed by atoms with Gasteiger partial charge in [-0.2, -0.15) is 0 Å². The molecular weight excluding hydrogens is 466 g/mol. The van der Waals surface area contributed by atoms with Crippen molar-refractivity contribution >= 4 is 23.3 Å². The van der Waals surface area contributed by atoms with E-state index in [-0.39, 0.29) is 35.6 Å². The van der Waals surface area contributed by atoms with Gasteiger partial charge in [-0.1, -0.05) is 24.3 Å². The minimum atomic E-state index is -0.127. The minimum absolute atomic E-state index is 0.0917. The molecule has 2 aliphatic heterocycles. The summed E-state index contributed by atoms with van der Waals surface area (Å²) in [5.74, 6) is -0.265. The van der Waals surface area contributed by atoms with E-state index in [1.807, 2.05) is 26.0 Å². The topological polar surface area (TPSA) is 71.1 Å². The molecule has 2 aromatic carbocycles. The molecule has 0 aromatic heterocycles. The van der Waals surface area contributed by atoms with Crippen LogP contribution >= 0.6 is 0 Å². The number of nitrogens with one attached hydrogen (secondary N) is 1. The van der Waals surface area contributed by atoms with Crippen molar-refractivity contribution in [3.8, 4) is 0 Å². The quantitative estimate of drug-likeness (QED) is 0.523. The maximum absolute atomic E-state index is 12.7. The second kappa shape index (κ2) is 12.6. The van der Waals surface area contributed by atoms with Crippen LogP contribution in [0.2, 0.25) is 0 Å². The molecule has 0 aliphatic carbocycles. The van der Waals surface area contributed by atoms with Crippen molar-refractivity contribution in [2.24, 2.45) is 11.8 Å². The Morgan fingerprint density at radius 3 is 1.62 bits per heavy atom. The van der Waals surface area contributed by atoms with E-state index in [1.165, 1.54) is 0 Å². The van der Waals surface area contributed by atoms with Crippen molar-refractivity contribution in [1.29, 1.82) is 0 Å². The third kappa shape index (κ3) is 6.70. The summed E-state index contributed by atoms with van der Waals surface area (Å²) in [6.07, 6.45) is 1.61. The number of piperidine rings is 2. The zero-order valence-corrected chi connectivity index (χ0v) is 22.6. The number of likely N-dealkylation sites (tertiary alicyclic amines) is 2. The van der Waals surface area contributed by atoms with E-state index in [4.69, 9.17) is 9.47 Å². The summed E-state index contributed by atoms with van der Waals surface area (Å²) in [5, 5.41) is 3.56. The summed E-state index contributed by atoms with van der Waals surface area (Å²) in [5.41, 5.74) is 4.24. The number of rotatable bonds is 8. The molecular formula is C30H41N3O4. The highest BCUT2D eigenvalue weighted by Crippen LogP contribution is 2.36. The second-order valence-corrected chi connectivity index (χ2v) is 10.4. The summed E-state index contributed by atoms with van der Waals surface area (Å²) in [6.45, 7) is 7.98. The van der Waals surface area contributed by atoms with Gasteiger partial charge in [0, 0.05) is 36.3 Å². The molecule has 7 heteroatoms. The van der Waals surface area contributed by atoms with Crippen molar-refractivity contribution in [2.45, 2.75) is 38.5 Å². The zero-order chi connectivity index (χ0) is 26.4. The summed E-state index contributed by atoms with van der Waals surface area (Å²) in [7, 11) is 4.21. The number of carbonyl (C=O) groups excluding carboxylic acids is 2. The van der Waals surface area contributed by atoms with Gasteiger partial charge in [0.25, 0.3) is 0 Å². The van der Waals surface area contributed by atoms with Crippen LogP contribution < -0.4 is 5.32 Å². The molecule has 7 nitrogen and oxygen atoms in total. The van der Waals surface area contributed by atoms with Crippen LogP contribution in [0.5, 0.6) is 0 Å². The van der Waals surface area contributed by atoms with Crippen LogP contribution in [-0.2, 0) is 19.1 Å². The Balaban J connectivity index is 1.54. The van der Waals surface area contributed by atoms with Gasteiger partial charge >= 0.3 is 11.9 Å². The van der Waals surface area contributed by atoms with Crippen molar-refractivity contribution in [3.63, 3.8) is 0 Å². The van der Waals surface area contributed by atoms with E-state index in [0.717, 1.165) is 61.5 Å². The van der Waals surface area contributed by atoms with Gasteiger partial charge in [-0.25, -0.2) is 0 Å². The molecule has 0 radical (unpaired) electrons. The lowest BCUT2D eigenvalue weighted by atomic mass is 9.80. The highest BCUT2D eigenvalue weighted by atomic mass is 16.5. The lowest BCUT2D eigenvalue weighted by molar-refractivity contribution is -0.151. The van der Waals surface area contributed by atoms with Crippen molar-refractivity contribution < 1.29 is 19.1 Å². The first kappa shape index (κ1) is 27.1. The van der Waals surface area contributed by atoms with E-state index < -0.39 is 0 Å². The molecule has 0 amide bonds. The SMILES string of the molecule is CCOC(=O)C1CCN(C)CC1c1cccc(Nc2cccc(C3CN(C)CCC3C(=O)OCC)c2)c1. The van der Waals surface area contributed by atoms with Crippen LogP contribution in [0.1, 0.15) is 49.7 Å². The molecule has 0 spiro atoms. The van der Waals surface area contributed by atoms with Gasteiger partial charge in [0.15, 0.2) is 0 Å². The Kier molecular flexibility index (Phi) is 9.22. The second-order valence-electron chi connectivity index (χ2n) is 10.4. The maximum atomic E-state index is 12.7. The van der Waals surface area contributed by atoms with Crippen molar-refractivity contribution in [3.05, 3.63) is 59.7 Å². The van der Waals surface area contributed by atoms with Crippen LogP contribution in [0.4, 0.5) is 11.4 Å². The highest BCUT2D eigenvalue weighted by Gasteiger charge is 2.36. The van der Waals surface area contributed by atoms with E-state index in [1.54, 1.807) is 0 Å². The van der Waals surface area contributed by atoms with Gasteiger partial charge in [-0.15, -0.1) is 0 Å². The summed E-state index contributed by atoms with van der Waals surface area (Å²) in [6, 6.07) is 16.7. The van der Waals surface area contributed by atoms with Gasteiger partial charge in [-0.3, -0.25) is 9.59 Å². The van der Waals surface area contributed by atoms with Gasteiger partial charge in [0.1, 0.15) is 0 Å². The Bertz CT molecular complexity index is 991. The van der Waals surface area contributed by atoms with Crippen molar-refractivity contribution in [1.82, 2.24) is 9.80 Å². The van der Waals surface area contributed by atoms with E-state index in [9.17, 15) is 9.59 Å². The fourth-order valence-electron chi connectivity index (χ4n) is 5.83. The number of esters is 2. The monoisotopic (exact) mass is 507 g/mol. The number of likely N-dealkylation sites (N-methyl/N-ethyl adjacent to an activating group) is 2. The Morgan fingerprint density at radius 1 is 0.784 bits per heavy atom. The third-order valence-corrected chi connectivity index (χ3v) is 7.73. The first-order valence-corrected chi connectivity index (χ1v) is 13.6. The van der Waals surface area contributed by atoms with Crippen LogP contribution in [-0.4, -0.2) is 75.2 Å². The van der Waals surface area contributed by atoms with Crippen molar-refractivity contribution in [2.75, 3.05) is 58.8 Å². The number of anilines is 2. The molecule has 4 unspecified atom stereocenters. The predicted octanol–water partition coefficient (Wildman–Crippen LogP) is 4.63. The molecule has 200 valence electrons. The molecule has 37 heavy (non-hydrogen) atoms. The predicted molar refractivity (Wildman–Crippen MR) is 146 cm³/mol. The Hall–Kier alpha value is -2.90. The number of benzene rings is 2. The molecule has 4 atom stereocenters. The molecule has 4 rings (SSSR count). The fourth-order valence-corrected chi connectivity index (χ4v) is 5.83. The minimum Gasteiger partial charge on any atom is -0.466 e. The van der Waals surface area contributed by atoms with E-state index in [2.05, 4.69) is 65.6 Å². The number of hydrogen-bond donors (Lipinski definition) is 1. The van der Waals surface area contributed by atoms with Gasteiger partial charge in [0.2, 0.25) is 0 Å². The Labute approximate surface area is 221 Å². The lowest BCUT2D eigenvalue weighted by Gasteiger charge is -2.36.